The second-order valence-electron chi connectivity index (χ2n) is 6.03. The molecule has 0 spiro atoms. The summed E-state index contributed by atoms with van der Waals surface area (Å²) < 4.78 is 0. The fourth-order valence-electron chi connectivity index (χ4n) is 2.71. The Balaban J connectivity index is 1.90. The van der Waals surface area contributed by atoms with Crippen molar-refractivity contribution in [3.05, 3.63) is 65.2 Å². The number of hydrogen-bond donors (Lipinski definition) is 0. The van der Waals surface area contributed by atoms with Crippen molar-refractivity contribution in [1.82, 2.24) is 0 Å². The standard InChI is InChI=1S/C20H22N2OS/c1-15-8-10-17(11-9-15)19(23)14-22(20-21-12-5-13-24-20)18-7-4-3-6-16(18)2/h3-4,6-11H,5,12-14H2,1-2H3. The fraction of sp³-hybridized carbons (Fsp3) is 0.300. The number of nitrogens with zero attached hydrogens (tertiary/aromatic N) is 2. The number of aliphatic imine (C=N–C) groups is 1. The first-order valence-electron chi connectivity index (χ1n) is 8.25. The Labute approximate surface area is 147 Å². The van der Waals surface area contributed by atoms with E-state index in [1.165, 1.54) is 0 Å². The first-order chi connectivity index (χ1) is 11.6. The van der Waals surface area contributed by atoms with Gasteiger partial charge in [0.1, 0.15) is 0 Å². The van der Waals surface area contributed by atoms with E-state index in [-0.39, 0.29) is 5.78 Å². The van der Waals surface area contributed by atoms with Gasteiger partial charge in [-0.15, -0.1) is 0 Å². The quantitative estimate of drug-likeness (QED) is 0.770. The van der Waals surface area contributed by atoms with Crippen molar-refractivity contribution in [2.45, 2.75) is 20.3 Å². The molecular weight excluding hydrogens is 316 g/mol. The van der Waals surface area contributed by atoms with E-state index in [1.807, 2.05) is 43.3 Å². The number of Topliss-reactive ketones (excluding diaryl/α,β-unsaturated/α-hetero) is 1. The summed E-state index contributed by atoms with van der Waals surface area (Å²) in [6.07, 6.45) is 1.10. The molecule has 0 radical (unpaired) electrons. The van der Waals surface area contributed by atoms with Gasteiger partial charge >= 0.3 is 0 Å². The SMILES string of the molecule is Cc1ccc(C(=O)CN(C2=NCCCS2)c2ccccc2C)cc1. The Morgan fingerprint density at radius 3 is 2.54 bits per heavy atom. The monoisotopic (exact) mass is 338 g/mol. The van der Waals surface area contributed by atoms with Gasteiger partial charge in [0.15, 0.2) is 11.0 Å². The van der Waals surface area contributed by atoms with Crippen molar-refractivity contribution in [3.63, 3.8) is 0 Å². The highest BCUT2D eigenvalue weighted by atomic mass is 32.2. The lowest BCUT2D eigenvalue weighted by Crippen LogP contribution is -2.36. The third-order valence-electron chi connectivity index (χ3n) is 4.09. The van der Waals surface area contributed by atoms with Gasteiger partial charge < -0.3 is 4.90 Å². The van der Waals surface area contributed by atoms with Gasteiger partial charge in [-0.3, -0.25) is 9.79 Å². The van der Waals surface area contributed by atoms with Crippen molar-refractivity contribution in [2.75, 3.05) is 23.7 Å². The van der Waals surface area contributed by atoms with Gasteiger partial charge in [-0.2, -0.15) is 0 Å². The van der Waals surface area contributed by atoms with E-state index in [9.17, 15) is 4.79 Å². The molecule has 0 fully saturated rings. The molecule has 4 heteroatoms. The summed E-state index contributed by atoms with van der Waals surface area (Å²) in [5.41, 5.74) is 4.13. The molecule has 0 atom stereocenters. The number of thioether (sulfide) groups is 1. The molecule has 0 N–H and O–H groups in total. The van der Waals surface area contributed by atoms with Crippen LogP contribution in [-0.4, -0.2) is 29.8 Å². The van der Waals surface area contributed by atoms with Crippen LogP contribution in [0.4, 0.5) is 5.69 Å². The molecule has 1 aliphatic rings. The van der Waals surface area contributed by atoms with Crippen molar-refractivity contribution in [2.24, 2.45) is 4.99 Å². The maximum atomic E-state index is 12.8. The minimum absolute atomic E-state index is 0.118. The highest BCUT2D eigenvalue weighted by molar-refractivity contribution is 8.14. The molecule has 0 bridgehead atoms. The largest absolute Gasteiger partial charge is 0.313 e. The number of para-hydroxylation sites is 1. The molecule has 2 aromatic rings. The summed E-state index contributed by atoms with van der Waals surface area (Å²) in [6, 6.07) is 16.0. The van der Waals surface area contributed by atoms with Crippen LogP contribution in [0.25, 0.3) is 0 Å². The van der Waals surface area contributed by atoms with Crippen LogP contribution in [0.1, 0.15) is 27.9 Å². The average Bonchev–Trinajstić information content (AvgIpc) is 2.61. The maximum Gasteiger partial charge on any atom is 0.182 e. The molecule has 0 saturated heterocycles. The first-order valence-corrected chi connectivity index (χ1v) is 9.24. The summed E-state index contributed by atoms with van der Waals surface area (Å²) >= 11 is 1.74. The van der Waals surface area contributed by atoms with Gasteiger partial charge in [-0.25, -0.2) is 0 Å². The van der Waals surface area contributed by atoms with Crippen molar-refractivity contribution < 1.29 is 4.79 Å². The van der Waals surface area contributed by atoms with E-state index in [0.29, 0.717) is 6.54 Å². The molecule has 24 heavy (non-hydrogen) atoms. The minimum Gasteiger partial charge on any atom is -0.313 e. The molecule has 3 nitrogen and oxygen atoms in total. The van der Waals surface area contributed by atoms with Crippen LogP contribution in [-0.2, 0) is 0 Å². The van der Waals surface area contributed by atoms with Crippen LogP contribution < -0.4 is 4.90 Å². The lowest BCUT2D eigenvalue weighted by atomic mass is 10.1. The van der Waals surface area contributed by atoms with Crippen molar-refractivity contribution >= 4 is 28.4 Å². The van der Waals surface area contributed by atoms with Crippen LogP contribution in [0.5, 0.6) is 0 Å². The Bertz CT molecular complexity index is 752. The molecule has 0 unspecified atom stereocenters. The van der Waals surface area contributed by atoms with E-state index < -0.39 is 0 Å². The number of carbonyl (C=O) groups excluding carboxylic acids is 1. The number of ketones is 1. The van der Waals surface area contributed by atoms with Gasteiger partial charge in [-0.05, 0) is 31.9 Å². The second kappa shape index (κ2) is 7.67. The van der Waals surface area contributed by atoms with Gasteiger partial charge in [0.25, 0.3) is 0 Å². The number of aryl methyl sites for hydroxylation is 2. The number of benzene rings is 2. The molecule has 3 rings (SSSR count). The highest BCUT2D eigenvalue weighted by Crippen LogP contribution is 2.26. The summed E-state index contributed by atoms with van der Waals surface area (Å²) in [7, 11) is 0. The molecule has 0 saturated carbocycles. The smallest absolute Gasteiger partial charge is 0.182 e. The predicted octanol–water partition coefficient (Wildman–Crippen LogP) is 4.49. The number of anilines is 1. The number of hydrogen-bond acceptors (Lipinski definition) is 4. The van der Waals surface area contributed by atoms with Gasteiger partial charge in [0.2, 0.25) is 0 Å². The van der Waals surface area contributed by atoms with Crippen LogP contribution >= 0.6 is 11.8 Å². The average molecular weight is 338 g/mol. The molecule has 1 aliphatic heterocycles. The number of rotatable bonds is 4. The summed E-state index contributed by atoms with van der Waals surface area (Å²) in [4.78, 5) is 19.5. The zero-order chi connectivity index (χ0) is 16.9. The summed E-state index contributed by atoms with van der Waals surface area (Å²) in [5.74, 6) is 1.17. The van der Waals surface area contributed by atoms with Gasteiger partial charge in [0, 0.05) is 23.5 Å². The zero-order valence-electron chi connectivity index (χ0n) is 14.2. The summed E-state index contributed by atoms with van der Waals surface area (Å²) in [5, 5.41) is 0.955. The van der Waals surface area contributed by atoms with E-state index in [1.54, 1.807) is 11.8 Å². The number of carbonyl (C=O) groups is 1. The maximum absolute atomic E-state index is 12.8. The van der Waals surface area contributed by atoms with Crippen LogP contribution in [0, 0.1) is 13.8 Å². The van der Waals surface area contributed by atoms with Gasteiger partial charge in [0.05, 0.1) is 6.54 Å². The molecule has 0 amide bonds. The normalized spacial score (nSPS) is 14.2. The molecular formula is C20H22N2OS. The molecule has 1 heterocycles. The second-order valence-corrected chi connectivity index (χ2v) is 7.09. The van der Waals surface area contributed by atoms with E-state index in [4.69, 9.17) is 0 Å². The Hall–Kier alpha value is -2.07. The molecule has 0 aromatic heterocycles. The minimum atomic E-state index is 0.118. The van der Waals surface area contributed by atoms with Gasteiger partial charge in [-0.1, -0.05) is 59.8 Å². The molecule has 2 aromatic carbocycles. The van der Waals surface area contributed by atoms with Crippen LogP contribution in [0.15, 0.2) is 53.5 Å². The Kier molecular flexibility index (Phi) is 5.36. The van der Waals surface area contributed by atoms with Crippen molar-refractivity contribution in [3.8, 4) is 0 Å². The predicted molar refractivity (Wildman–Crippen MR) is 103 cm³/mol. The molecule has 124 valence electrons. The third-order valence-corrected chi connectivity index (χ3v) is 5.19. The van der Waals surface area contributed by atoms with Crippen LogP contribution in [0.2, 0.25) is 0 Å². The van der Waals surface area contributed by atoms with E-state index in [2.05, 4.69) is 28.9 Å². The first kappa shape index (κ1) is 16.8. The van der Waals surface area contributed by atoms with E-state index >= 15 is 0 Å². The number of amidine groups is 1. The summed E-state index contributed by atoms with van der Waals surface area (Å²) in [6.45, 7) is 5.26. The van der Waals surface area contributed by atoms with Crippen molar-refractivity contribution in [1.29, 1.82) is 0 Å². The lowest BCUT2D eigenvalue weighted by Gasteiger charge is -2.28. The van der Waals surface area contributed by atoms with E-state index in [0.717, 1.165) is 46.3 Å². The lowest BCUT2D eigenvalue weighted by molar-refractivity contribution is 0.100. The Morgan fingerprint density at radius 2 is 1.88 bits per heavy atom. The highest BCUT2D eigenvalue weighted by Gasteiger charge is 2.21. The Morgan fingerprint density at radius 1 is 1.12 bits per heavy atom. The topological polar surface area (TPSA) is 32.7 Å². The zero-order valence-corrected chi connectivity index (χ0v) is 15.0. The molecule has 0 aliphatic carbocycles. The third kappa shape index (κ3) is 3.88. The fourth-order valence-corrected chi connectivity index (χ4v) is 3.67. The van der Waals surface area contributed by atoms with Crippen LogP contribution in [0.3, 0.4) is 0 Å².